The van der Waals surface area contributed by atoms with E-state index >= 15 is 0 Å². The maximum absolute atomic E-state index is 11.9. The second-order valence-corrected chi connectivity index (χ2v) is 4.59. The minimum atomic E-state index is -0.148. The van der Waals surface area contributed by atoms with Gasteiger partial charge in [0.15, 0.2) is 0 Å². The molecule has 0 aliphatic rings. The third-order valence-electron chi connectivity index (χ3n) is 2.41. The van der Waals surface area contributed by atoms with Crippen molar-refractivity contribution in [3.05, 3.63) is 0 Å². The fourth-order valence-electron chi connectivity index (χ4n) is 1.50. The van der Waals surface area contributed by atoms with Crippen molar-refractivity contribution in [1.29, 1.82) is 0 Å². The second-order valence-electron chi connectivity index (χ2n) is 4.59. The molecule has 6 nitrogen and oxygen atoms in total. The zero-order chi connectivity index (χ0) is 14.1. The number of aliphatic hydroxyl groups excluding tert-OH is 1. The summed E-state index contributed by atoms with van der Waals surface area (Å²) < 4.78 is 0. The van der Waals surface area contributed by atoms with Crippen LogP contribution in [0, 0.1) is 0 Å². The van der Waals surface area contributed by atoms with Gasteiger partial charge in [0.2, 0.25) is 11.8 Å². The monoisotopic (exact) mass is 259 g/mol. The molecule has 0 rings (SSSR count). The van der Waals surface area contributed by atoms with Crippen molar-refractivity contribution in [3.63, 3.8) is 0 Å². The highest BCUT2D eigenvalue weighted by Crippen LogP contribution is 1.93. The van der Waals surface area contributed by atoms with Crippen LogP contribution in [0.4, 0.5) is 0 Å². The van der Waals surface area contributed by atoms with Crippen molar-refractivity contribution in [1.82, 2.24) is 15.1 Å². The van der Waals surface area contributed by atoms with E-state index < -0.39 is 0 Å². The third kappa shape index (κ3) is 7.24. The molecule has 2 amide bonds. The Kier molecular flexibility index (Phi) is 8.32. The Balaban J connectivity index is 4.22. The molecule has 6 heteroatoms. The van der Waals surface area contributed by atoms with Gasteiger partial charge in [0.25, 0.3) is 0 Å². The van der Waals surface area contributed by atoms with E-state index in [9.17, 15) is 9.59 Å². The first-order chi connectivity index (χ1) is 8.40. The average molecular weight is 259 g/mol. The fraction of sp³-hybridized carbons (Fsp3) is 0.833. The lowest BCUT2D eigenvalue weighted by Gasteiger charge is -2.24. The third-order valence-corrected chi connectivity index (χ3v) is 2.41. The quantitative estimate of drug-likeness (QED) is 0.603. The molecule has 106 valence electrons. The highest BCUT2D eigenvalue weighted by Gasteiger charge is 2.17. The van der Waals surface area contributed by atoms with E-state index in [1.165, 1.54) is 4.90 Å². The molecule has 18 heavy (non-hydrogen) atoms. The Labute approximate surface area is 109 Å². The van der Waals surface area contributed by atoms with Crippen LogP contribution < -0.4 is 5.32 Å². The largest absolute Gasteiger partial charge is 0.395 e. The van der Waals surface area contributed by atoms with Gasteiger partial charge in [-0.2, -0.15) is 0 Å². The first-order valence-corrected chi connectivity index (χ1v) is 6.27. The van der Waals surface area contributed by atoms with Gasteiger partial charge in [-0.15, -0.1) is 0 Å². The maximum atomic E-state index is 11.9. The van der Waals surface area contributed by atoms with E-state index in [4.69, 9.17) is 5.11 Å². The molecule has 0 heterocycles. The molecular weight excluding hydrogens is 234 g/mol. The number of aliphatic hydroxyl groups is 1. The summed E-state index contributed by atoms with van der Waals surface area (Å²) >= 11 is 0. The van der Waals surface area contributed by atoms with Crippen molar-refractivity contribution in [2.24, 2.45) is 0 Å². The van der Waals surface area contributed by atoms with Crippen LogP contribution in [0.1, 0.15) is 20.8 Å². The van der Waals surface area contributed by atoms with E-state index in [1.54, 1.807) is 11.9 Å². The molecule has 0 saturated heterocycles. The SMILES string of the molecule is CCN(CC(=O)NC(C)C)C(=O)CN(C)CCO. The fourth-order valence-corrected chi connectivity index (χ4v) is 1.50. The first kappa shape index (κ1) is 16.9. The molecular formula is C12H25N3O3. The average Bonchev–Trinajstić information content (AvgIpc) is 2.24. The van der Waals surface area contributed by atoms with Gasteiger partial charge < -0.3 is 15.3 Å². The van der Waals surface area contributed by atoms with Crippen molar-refractivity contribution >= 4 is 11.8 Å². The molecule has 0 aromatic rings. The van der Waals surface area contributed by atoms with Gasteiger partial charge >= 0.3 is 0 Å². The van der Waals surface area contributed by atoms with E-state index in [2.05, 4.69) is 5.32 Å². The van der Waals surface area contributed by atoms with Crippen LogP contribution in [-0.4, -0.2) is 72.6 Å². The van der Waals surface area contributed by atoms with Gasteiger partial charge in [-0.25, -0.2) is 0 Å². The smallest absolute Gasteiger partial charge is 0.239 e. The molecule has 0 atom stereocenters. The van der Waals surface area contributed by atoms with E-state index in [0.29, 0.717) is 13.1 Å². The van der Waals surface area contributed by atoms with Gasteiger partial charge in [0, 0.05) is 19.1 Å². The standard InChI is InChI=1S/C12H25N3O3/c1-5-15(8-11(17)13-10(2)3)12(18)9-14(4)6-7-16/h10,16H,5-9H2,1-4H3,(H,13,17). The molecule has 0 aliphatic carbocycles. The number of carbonyl (C=O) groups excluding carboxylic acids is 2. The maximum Gasteiger partial charge on any atom is 0.239 e. The molecule has 0 fully saturated rings. The lowest BCUT2D eigenvalue weighted by molar-refractivity contribution is -0.136. The normalized spacial score (nSPS) is 10.8. The number of carbonyl (C=O) groups is 2. The van der Waals surface area contributed by atoms with Gasteiger partial charge in [-0.3, -0.25) is 14.5 Å². The summed E-state index contributed by atoms with van der Waals surface area (Å²) in [5.41, 5.74) is 0. The molecule has 0 aliphatic heterocycles. The van der Waals surface area contributed by atoms with E-state index in [-0.39, 0.29) is 37.6 Å². The van der Waals surface area contributed by atoms with Crippen LogP contribution in [0.15, 0.2) is 0 Å². The Bertz CT molecular complexity index is 269. The highest BCUT2D eigenvalue weighted by molar-refractivity contribution is 5.85. The predicted molar refractivity (Wildman–Crippen MR) is 70.1 cm³/mol. The van der Waals surface area contributed by atoms with Crippen LogP contribution in [0.3, 0.4) is 0 Å². The lowest BCUT2D eigenvalue weighted by Crippen LogP contribution is -2.46. The van der Waals surface area contributed by atoms with Crippen LogP contribution in [-0.2, 0) is 9.59 Å². The molecule has 0 aromatic carbocycles. The van der Waals surface area contributed by atoms with E-state index in [0.717, 1.165) is 0 Å². The van der Waals surface area contributed by atoms with Crippen molar-refractivity contribution in [2.45, 2.75) is 26.8 Å². The molecule has 0 bridgehead atoms. The van der Waals surface area contributed by atoms with Gasteiger partial charge in [-0.05, 0) is 27.8 Å². The highest BCUT2D eigenvalue weighted by atomic mass is 16.3. The minimum Gasteiger partial charge on any atom is -0.395 e. The summed E-state index contributed by atoms with van der Waals surface area (Å²) in [7, 11) is 1.76. The number of hydrogen-bond donors (Lipinski definition) is 2. The summed E-state index contributed by atoms with van der Waals surface area (Å²) in [6, 6.07) is 0.0726. The Morgan fingerprint density at radius 3 is 2.33 bits per heavy atom. The van der Waals surface area contributed by atoms with Crippen LogP contribution >= 0.6 is 0 Å². The number of amides is 2. The number of hydrogen-bond acceptors (Lipinski definition) is 4. The first-order valence-electron chi connectivity index (χ1n) is 6.27. The number of nitrogens with zero attached hydrogens (tertiary/aromatic N) is 2. The molecule has 0 spiro atoms. The van der Waals surface area contributed by atoms with Crippen molar-refractivity contribution < 1.29 is 14.7 Å². The number of nitrogens with one attached hydrogen (secondary N) is 1. The van der Waals surface area contributed by atoms with Crippen LogP contribution in [0.25, 0.3) is 0 Å². The Hall–Kier alpha value is -1.14. The molecule has 0 radical (unpaired) electrons. The summed E-state index contributed by atoms with van der Waals surface area (Å²) in [5, 5.41) is 11.5. The Morgan fingerprint density at radius 1 is 1.28 bits per heavy atom. The van der Waals surface area contributed by atoms with Gasteiger partial charge in [0.1, 0.15) is 0 Å². The summed E-state index contributed by atoms with van der Waals surface area (Å²) in [5.74, 6) is -0.252. The van der Waals surface area contributed by atoms with Gasteiger partial charge in [-0.1, -0.05) is 0 Å². The van der Waals surface area contributed by atoms with Crippen molar-refractivity contribution in [3.8, 4) is 0 Å². The zero-order valence-electron chi connectivity index (χ0n) is 11.8. The number of likely N-dealkylation sites (N-methyl/N-ethyl adjacent to an activating group) is 2. The summed E-state index contributed by atoms with van der Waals surface area (Å²) in [6.07, 6.45) is 0. The minimum absolute atomic E-state index is 0.0176. The summed E-state index contributed by atoms with van der Waals surface area (Å²) in [4.78, 5) is 26.7. The van der Waals surface area contributed by atoms with Crippen LogP contribution in [0.5, 0.6) is 0 Å². The van der Waals surface area contributed by atoms with Gasteiger partial charge in [0.05, 0.1) is 19.7 Å². The molecule has 0 unspecified atom stereocenters. The van der Waals surface area contributed by atoms with Crippen molar-refractivity contribution in [2.75, 3.05) is 39.8 Å². The summed E-state index contributed by atoms with van der Waals surface area (Å²) in [6.45, 7) is 6.86. The van der Waals surface area contributed by atoms with Crippen LogP contribution in [0.2, 0.25) is 0 Å². The Morgan fingerprint density at radius 2 is 1.89 bits per heavy atom. The topological polar surface area (TPSA) is 72.9 Å². The number of rotatable bonds is 8. The zero-order valence-corrected chi connectivity index (χ0v) is 11.8. The predicted octanol–water partition coefficient (Wildman–Crippen LogP) is -0.716. The molecule has 0 aromatic heterocycles. The second kappa shape index (κ2) is 8.88. The molecule has 0 saturated carbocycles. The molecule has 2 N–H and O–H groups in total. The lowest BCUT2D eigenvalue weighted by atomic mass is 10.3. The van der Waals surface area contributed by atoms with E-state index in [1.807, 2.05) is 20.8 Å².